The van der Waals surface area contributed by atoms with Gasteiger partial charge in [0.1, 0.15) is 0 Å². The molecule has 0 bridgehead atoms. The predicted octanol–water partition coefficient (Wildman–Crippen LogP) is 3.29. The number of benzene rings is 1. The third-order valence-corrected chi connectivity index (χ3v) is 4.73. The number of halogens is 2. The number of nitrogens with one attached hydrogen (secondary N) is 1. The number of carbonyl (C=O) groups excluding carboxylic acids is 1. The lowest BCUT2D eigenvalue weighted by molar-refractivity contribution is -0.386. The molecule has 1 fully saturated rings. The maximum Gasteiger partial charge on any atom is 0.312 e. The van der Waals surface area contributed by atoms with E-state index in [1.807, 2.05) is 7.05 Å². The van der Waals surface area contributed by atoms with E-state index in [4.69, 9.17) is 16.3 Å². The highest BCUT2D eigenvalue weighted by atomic mass is 35.5. The zero-order chi connectivity index (χ0) is 18.4. The molecule has 1 aromatic carbocycles. The number of amides is 1. The minimum absolute atomic E-state index is 0. The summed E-state index contributed by atoms with van der Waals surface area (Å²) in [6, 6.07) is 4.16. The molecule has 1 aromatic rings. The van der Waals surface area contributed by atoms with Crippen molar-refractivity contribution in [3.05, 3.63) is 33.3 Å². The van der Waals surface area contributed by atoms with Crippen molar-refractivity contribution in [2.75, 3.05) is 26.7 Å². The lowest BCUT2D eigenvalue weighted by Crippen LogP contribution is -2.45. The maximum absolute atomic E-state index is 12.6. The van der Waals surface area contributed by atoms with Gasteiger partial charge in [0, 0.05) is 24.2 Å². The molecule has 1 amide bonds. The summed E-state index contributed by atoms with van der Waals surface area (Å²) >= 11 is 5.79. The molecule has 0 saturated carbocycles. The van der Waals surface area contributed by atoms with Crippen LogP contribution in [-0.2, 0) is 4.79 Å². The standard InChI is InChI=1S/C17H24ClN3O4.ClH/c1-12(25-16-4-3-14(18)11-15(16)21(23)24)17(22)20-9-6-13(7-10-20)5-8-19-2;/h3-4,11-13,19H,5-10H2,1-2H3;1H. The van der Waals surface area contributed by atoms with Crippen LogP contribution in [0.3, 0.4) is 0 Å². The molecule has 1 aliphatic rings. The molecule has 1 N–H and O–H groups in total. The average molecular weight is 406 g/mol. The number of piperidine rings is 1. The van der Waals surface area contributed by atoms with Gasteiger partial charge in [0.2, 0.25) is 0 Å². The first-order valence-electron chi connectivity index (χ1n) is 8.46. The quantitative estimate of drug-likeness (QED) is 0.555. The lowest BCUT2D eigenvalue weighted by Gasteiger charge is -2.33. The molecule has 1 heterocycles. The number of hydrogen-bond acceptors (Lipinski definition) is 5. The van der Waals surface area contributed by atoms with Gasteiger partial charge in [0.15, 0.2) is 11.9 Å². The summed E-state index contributed by atoms with van der Waals surface area (Å²) in [7, 11) is 1.94. The monoisotopic (exact) mass is 405 g/mol. The Bertz CT molecular complexity index is 622. The summed E-state index contributed by atoms with van der Waals surface area (Å²) < 4.78 is 5.57. The number of likely N-dealkylation sites (tertiary alicyclic amines) is 1. The van der Waals surface area contributed by atoms with Gasteiger partial charge >= 0.3 is 5.69 Å². The SMILES string of the molecule is CNCCC1CCN(C(=O)C(C)Oc2ccc(Cl)cc2[N+](=O)[O-])CC1.Cl. The van der Waals surface area contributed by atoms with E-state index in [1.54, 1.807) is 11.8 Å². The maximum atomic E-state index is 12.6. The molecule has 1 unspecified atom stereocenters. The van der Waals surface area contributed by atoms with E-state index in [-0.39, 0.29) is 34.8 Å². The van der Waals surface area contributed by atoms with Crippen LogP contribution in [0.5, 0.6) is 5.75 Å². The number of nitro groups is 1. The average Bonchev–Trinajstić information content (AvgIpc) is 2.61. The Morgan fingerprint density at radius 2 is 2.12 bits per heavy atom. The van der Waals surface area contributed by atoms with Gasteiger partial charge in [-0.15, -0.1) is 12.4 Å². The van der Waals surface area contributed by atoms with Crippen LogP contribution < -0.4 is 10.1 Å². The molecule has 1 atom stereocenters. The fourth-order valence-electron chi connectivity index (χ4n) is 3.02. The van der Waals surface area contributed by atoms with Gasteiger partial charge in [0.05, 0.1) is 4.92 Å². The second-order valence-corrected chi connectivity index (χ2v) is 6.73. The summed E-state index contributed by atoms with van der Waals surface area (Å²) in [5.74, 6) is 0.542. The number of ether oxygens (including phenoxy) is 1. The third-order valence-electron chi connectivity index (χ3n) is 4.50. The highest BCUT2D eigenvalue weighted by molar-refractivity contribution is 6.30. The van der Waals surface area contributed by atoms with E-state index >= 15 is 0 Å². The highest BCUT2D eigenvalue weighted by Gasteiger charge is 2.28. The van der Waals surface area contributed by atoms with Crippen molar-refractivity contribution in [3.63, 3.8) is 0 Å². The van der Waals surface area contributed by atoms with Crippen LogP contribution in [0.2, 0.25) is 5.02 Å². The number of nitro benzene ring substituents is 1. The van der Waals surface area contributed by atoms with Crippen molar-refractivity contribution < 1.29 is 14.5 Å². The molecule has 0 radical (unpaired) electrons. The van der Waals surface area contributed by atoms with Gasteiger partial charge in [-0.2, -0.15) is 0 Å². The van der Waals surface area contributed by atoms with Gasteiger partial charge in [0.25, 0.3) is 5.91 Å². The Morgan fingerprint density at radius 1 is 1.46 bits per heavy atom. The Hall–Kier alpha value is -1.57. The molecule has 2 rings (SSSR count). The van der Waals surface area contributed by atoms with E-state index in [9.17, 15) is 14.9 Å². The van der Waals surface area contributed by atoms with Crippen LogP contribution in [0.25, 0.3) is 0 Å². The van der Waals surface area contributed by atoms with Crippen molar-refractivity contribution >= 4 is 35.6 Å². The fourth-order valence-corrected chi connectivity index (χ4v) is 3.19. The molecule has 9 heteroatoms. The summed E-state index contributed by atoms with van der Waals surface area (Å²) in [6.07, 6.45) is 2.28. The Labute approximate surface area is 164 Å². The van der Waals surface area contributed by atoms with Crippen LogP contribution in [0.4, 0.5) is 5.69 Å². The van der Waals surface area contributed by atoms with Gasteiger partial charge < -0.3 is 15.0 Å². The molecule has 1 saturated heterocycles. The summed E-state index contributed by atoms with van der Waals surface area (Å²) in [6.45, 7) is 4.00. The van der Waals surface area contributed by atoms with Gasteiger partial charge in [-0.3, -0.25) is 14.9 Å². The Morgan fingerprint density at radius 3 is 2.69 bits per heavy atom. The van der Waals surface area contributed by atoms with E-state index in [2.05, 4.69) is 5.32 Å². The first-order valence-corrected chi connectivity index (χ1v) is 8.84. The smallest absolute Gasteiger partial charge is 0.312 e. The van der Waals surface area contributed by atoms with Crippen molar-refractivity contribution in [1.29, 1.82) is 0 Å². The number of carbonyl (C=O) groups is 1. The molecule has 0 spiro atoms. The molecular formula is C17H25Cl2N3O4. The van der Waals surface area contributed by atoms with Crippen molar-refractivity contribution in [3.8, 4) is 5.75 Å². The van der Waals surface area contributed by atoms with Crippen molar-refractivity contribution in [2.24, 2.45) is 5.92 Å². The Kier molecular flexibility index (Phi) is 9.12. The van der Waals surface area contributed by atoms with Crippen LogP contribution in [0, 0.1) is 16.0 Å². The second kappa shape index (κ2) is 10.5. The first-order chi connectivity index (χ1) is 11.9. The van der Waals surface area contributed by atoms with Crippen LogP contribution in [-0.4, -0.2) is 48.5 Å². The van der Waals surface area contributed by atoms with Crippen LogP contribution in [0.1, 0.15) is 26.2 Å². The zero-order valence-corrected chi connectivity index (χ0v) is 16.5. The third kappa shape index (κ3) is 6.00. The van der Waals surface area contributed by atoms with Gasteiger partial charge in [-0.1, -0.05) is 11.6 Å². The number of rotatable bonds is 7. The minimum atomic E-state index is -0.784. The fraction of sp³-hybridized carbons (Fsp3) is 0.588. The van der Waals surface area contributed by atoms with Gasteiger partial charge in [-0.05, 0) is 57.8 Å². The topological polar surface area (TPSA) is 84.7 Å². The van der Waals surface area contributed by atoms with E-state index in [1.165, 1.54) is 18.2 Å². The van der Waals surface area contributed by atoms with E-state index in [0.29, 0.717) is 19.0 Å². The molecule has 7 nitrogen and oxygen atoms in total. The number of nitrogens with zero attached hydrogens (tertiary/aromatic N) is 2. The summed E-state index contributed by atoms with van der Waals surface area (Å²) in [5.41, 5.74) is -0.238. The molecule has 1 aliphatic heterocycles. The molecule has 26 heavy (non-hydrogen) atoms. The molecule has 0 aromatic heterocycles. The van der Waals surface area contributed by atoms with E-state index < -0.39 is 11.0 Å². The van der Waals surface area contributed by atoms with Crippen molar-refractivity contribution in [2.45, 2.75) is 32.3 Å². The molecular weight excluding hydrogens is 381 g/mol. The second-order valence-electron chi connectivity index (χ2n) is 6.29. The normalized spacial score (nSPS) is 15.9. The lowest BCUT2D eigenvalue weighted by atomic mass is 9.93. The van der Waals surface area contributed by atoms with Gasteiger partial charge in [-0.25, -0.2) is 0 Å². The first kappa shape index (κ1) is 22.5. The van der Waals surface area contributed by atoms with Crippen molar-refractivity contribution in [1.82, 2.24) is 10.2 Å². The minimum Gasteiger partial charge on any atom is -0.474 e. The Balaban J connectivity index is 0.00000338. The molecule has 0 aliphatic carbocycles. The highest BCUT2D eigenvalue weighted by Crippen LogP contribution is 2.31. The van der Waals surface area contributed by atoms with E-state index in [0.717, 1.165) is 25.8 Å². The predicted molar refractivity (Wildman–Crippen MR) is 103 cm³/mol. The largest absolute Gasteiger partial charge is 0.474 e. The number of hydrogen-bond donors (Lipinski definition) is 1. The zero-order valence-electron chi connectivity index (χ0n) is 14.9. The summed E-state index contributed by atoms with van der Waals surface area (Å²) in [4.78, 5) is 24.9. The summed E-state index contributed by atoms with van der Waals surface area (Å²) in [5, 5.41) is 14.5. The molecule has 146 valence electrons. The van der Waals surface area contributed by atoms with Crippen LogP contribution >= 0.6 is 24.0 Å². The van der Waals surface area contributed by atoms with Crippen LogP contribution in [0.15, 0.2) is 18.2 Å².